The van der Waals surface area contributed by atoms with Crippen molar-refractivity contribution in [2.75, 3.05) is 30.4 Å². The molecule has 2 aliphatic heterocycles. The Hall–Kier alpha value is -3.13. The number of benzene rings is 1. The number of aromatic nitrogens is 1. The van der Waals surface area contributed by atoms with Gasteiger partial charge in [-0.3, -0.25) is 14.5 Å². The number of amides is 2. The van der Waals surface area contributed by atoms with Crippen molar-refractivity contribution in [2.45, 2.75) is 44.5 Å². The minimum atomic E-state index is -0.404. The average molecular weight is 422 g/mol. The highest BCUT2D eigenvalue weighted by molar-refractivity contribution is 5.97. The number of nitrogens with one attached hydrogen (secondary N) is 2. The molecule has 2 aromatic rings. The molecule has 3 unspecified atom stereocenters. The second-order valence-electron chi connectivity index (χ2n) is 8.35. The van der Waals surface area contributed by atoms with Crippen molar-refractivity contribution >= 4 is 23.2 Å². The van der Waals surface area contributed by atoms with Gasteiger partial charge in [0, 0.05) is 38.8 Å². The quantitative estimate of drug-likeness (QED) is 0.768. The molecular weight excluding hydrogens is 394 g/mol. The standard InChI is InChI=1S/C23H27N5O3/c1-3-20-23(30)26-17-10-14(4-7-21(17)31-20)13-27-8-9-28(19-11-18(19)27)15-5-6-16(25-12-15)22(29)24-2/h4-7,10,12,18-20H,3,8-9,11,13H2,1-2H3,(H,24,29)(H,26,30). The van der Waals surface area contributed by atoms with E-state index in [2.05, 4.69) is 31.5 Å². The molecule has 1 aromatic carbocycles. The van der Waals surface area contributed by atoms with Crippen LogP contribution in [-0.2, 0) is 11.3 Å². The molecule has 0 spiro atoms. The van der Waals surface area contributed by atoms with Crippen LogP contribution >= 0.6 is 0 Å². The summed E-state index contributed by atoms with van der Waals surface area (Å²) in [5.74, 6) is 0.508. The van der Waals surface area contributed by atoms with Crippen molar-refractivity contribution in [3.05, 3.63) is 47.8 Å². The maximum atomic E-state index is 12.1. The fraction of sp³-hybridized carbons (Fsp3) is 0.435. The van der Waals surface area contributed by atoms with Gasteiger partial charge in [0.05, 0.1) is 17.6 Å². The zero-order chi connectivity index (χ0) is 21.5. The molecule has 162 valence electrons. The highest BCUT2D eigenvalue weighted by Gasteiger charge is 2.48. The van der Waals surface area contributed by atoms with Gasteiger partial charge in [-0.25, -0.2) is 4.98 Å². The zero-order valence-corrected chi connectivity index (χ0v) is 17.8. The van der Waals surface area contributed by atoms with Crippen molar-refractivity contribution < 1.29 is 14.3 Å². The Labute approximate surface area is 181 Å². The number of carbonyl (C=O) groups is 2. The van der Waals surface area contributed by atoms with Crippen LogP contribution in [0.4, 0.5) is 11.4 Å². The predicted octanol–water partition coefficient (Wildman–Crippen LogP) is 2.01. The Morgan fingerprint density at radius 1 is 1.26 bits per heavy atom. The van der Waals surface area contributed by atoms with Gasteiger partial charge < -0.3 is 20.3 Å². The van der Waals surface area contributed by atoms with E-state index in [1.165, 1.54) is 5.56 Å². The van der Waals surface area contributed by atoms with Gasteiger partial charge in [0.1, 0.15) is 11.4 Å². The minimum Gasteiger partial charge on any atom is -0.478 e. The van der Waals surface area contributed by atoms with Crippen molar-refractivity contribution in [3.8, 4) is 5.75 Å². The number of rotatable bonds is 5. The van der Waals surface area contributed by atoms with Crippen molar-refractivity contribution in [1.29, 1.82) is 0 Å². The van der Waals surface area contributed by atoms with E-state index in [1.807, 2.05) is 25.1 Å². The summed E-state index contributed by atoms with van der Waals surface area (Å²) in [5, 5.41) is 5.58. The molecule has 5 rings (SSSR count). The monoisotopic (exact) mass is 421 g/mol. The first-order chi connectivity index (χ1) is 15.1. The van der Waals surface area contributed by atoms with Crippen LogP contribution in [0, 0.1) is 0 Å². The second kappa shape index (κ2) is 7.85. The lowest BCUT2D eigenvalue weighted by Gasteiger charge is -2.35. The maximum Gasteiger partial charge on any atom is 0.269 e. The van der Waals surface area contributed by atoms with Crippen molar-refractivity contribution in [2.24, 2.45) is 0 Å². The number of hydrogen-bond acceptors (Lipinski definition) is 6. The van der Waals surface area contributed by atoms with E-state index in [0.717, 1.165) is 43.2 Å². The lowest BCUT2D eigenvalue weighted by molar-refractivity contribution is -0.123. The van der Waals surface area contributed by atoms with Gasteiger partial charge in [-0.1, -0.05) is 13.0 Å². The molecule has 1 aliphatic carbocycles. The van der Waals surface area contributed by atoms with Crippen LogP contribution < -0.4 is 20.3 Å². The van der Waals surface area contributed by atoms with E-state index in [4.69, 9.17) is 4.74 Å². The van der Waals surface area contributed by atoms with Gasteiger partial charge >= 0.3 is 0 Å². The summed E-state index contributed by atoms with van der Waals surface area (Å²) in [6, 6.07) is 10.8. The molecule has 8 nitrogen and oxygen atoms in total. The maximum absolute atomic E-state index is 12.1. The van der Waals surface area contributed by atoms with Gasteiger partial charge in [0.15, 0.2) is 6.10 Å². The first kappa shape index (κ1) is 19.8. The van der Waals surface area contributed by atoms with Crippen LogP contribution in [0.15, 0.2) is 36.5 Å². The second-order valence-corrected chi connectivity index (χ2v) is 8.35. The topological polar surface area (TPSA) is 86.8 Å². The average Bonchev–Trinajstić information content (AvgIpc) is 3.60. The number of fused-ring (bicyclic) bond motifs is 2. The van der Waals surface area contributed by atoms with E-state index < -0.39 is 6.10 Å². The number of piperazine rings is 1. The lowest BCUT2D eigenvalue weighted by atomic mass is 10.1. The molecule has 3 heterocycles. The summed E-state index contributed by atoms with van der Waals surface area (Å²) >= 11 is 0. The molecule has 2 amide bonds. The Balaban J connectivity index is 1.23. The normalized spacial score (nSPS) is 24.5. The van der Waals surface area contributed by atoms with Gasteiger partial charge in [-0.2, -0.15) is 0 Å². The molecule has 3 aliphatic rings. The molecule has 0 bridgehead atoms. The predicted molar refractivity (Wildman–Crippen MR) is 117 cm³/mol. The van der Waals surface area contributed by atoms with E-state index in [-0.39, 0.29) is 11.8 Å². The summed E-state index contributed by atoms with van der Waals surface area (Å²) < 4.78 is 5.80. The number of anilines is 2. The fourth-order valence-corrected chi connectivity index (χ4v) is 4.60. The summed E-state index contributed by atoms with van der Waals surface area (Å²) in [5.41, 5.74) is 3.44. The summed E-state index contributed by atoms with van der Waals surface area (Å²) in [7, 11) is 1.61. The van der Waals surface area contributed by atoms with Crippen LogP contribution in [0.1, 0.15) is 35.8 Å². The van der Waals surface area contributed by atoms with Crippen LogP contribution in [0.2, 0.25) is 0 Å². The molecule has 0 radical (unpaired) electrons. The number of nitrogens with zero attached hydrogens (tertiary/aromatic N) is 3. The van der Waals surface area contributed by atoms with Crippen LogP contribution in [0.5, 0.6) is 5.75 Å². The zero-order valence-electron chi connectivity index (χ0n) is 17.8. The lowest BCUT2D eigenvalue weighted by Crippen LogP contribution is -2.46. The third kappa shape index (κ3) is 3.72. The van der Waals surface area contributed by atoms with Crippen LogP contribution in [0.25, 0.3) is 0 Å². The smallest absolute Gasteiger partial charge is 0.269 e. The van der Waals surface area contributed by atoms with Gasteiger partial charge in [-0.05, 0) is 42.7 Å². The Bertz CT molecular complexity index is 1010. The van der Waals surface area contributed by atoms with E-state index in [0.29, 0.717) is 24.2 Å². The summed E-state index contributed by atoms with van der Waals surface area (Å²) in [4.78, 5) is 33.0. The largest absolute Gasteiger partial charge is 0.478 e. The first-order valence-electron chi connectivity index (χ1n) is 10.9. The van der Waals surface area contributed by atoms with E-state index >= 15 is 0 Å². The van der Waals surface area contributed by atoms with Gasteiger partial charge in [-0.15, -0.1) is 0 Å². The molecule has 1 saturated carbocycles. The van der Waals surface area contributed by atoms with Crippen molar-refractivity contribution in [1.82, 2.24) is 15.2 Å². The Morgan fingerprint density at radius 2 is 2.13 bits per heavy atom. The van der Waals surface area contributed by atoms with E-state index in [1.54, 1.807) is 19.3 Å². The molecule has 31 heavy (non-hydrogen) atoms. The van der Waals surface area contributed by atoms with Gasteiger partial charge in [0.2, 0.25) is 0 Å². The highest BCUT2D eigenvalue weighted by Crippen LogP contribution is 2.40. The summed E-state index contributed by atoms with van der Waals surface area (Å²) in [6.07, 6.45) is 3.18. The fourth-order valence-electron chi connectivity index (χ4n) is 4.60. The molecule has 2 fully saturated rings. The molecule has 1 saturated heterocycles. The van der Waals surface area contributed by atoms with E-state index in [9.17, 15) is 9.59 Å². The molecule has 8 heteroatoms. The minimum absolute atomic E-state index is 0.0703. The Kier molecular flexibility index (Phi) is 5.02. The van der Waals surface area contributed by atoms with Crippen LogP contribution in [-0.4, -0.2) is 60.0 Å². The Morgan fingerprint density at radius 3 is 2.87 bits per heavy atom. The SMILES string of the molecule is CCC1Oc2ccc(CN3CCN(c4ccc(C(=O)NC)nc4)C4CC43)cc2NC1=O. The summed E-state index contributed by atoms with van der Waals surface area (Å²) in [6.45, 7) is 4.67. The number of ether oxygens (including phenoxy) is 1. The number of hydrogen-bond donors (Lipinski definition) is 2. The first-order valence-corrected chi connectivity index (χ1v) is 10.9. The third-order valence-electron chi connectivity index (χ3n) is 6.38. The molecule has 3 atom stereocenters. The van der Waals surface area contributed by atoms with Crippen LogP contribution in [0.3, 0.4) is 0 Å². The van der Waals surface area contributed by atoms with Crippen molar-refractivity contribution in [3.63, 3.8) is 0 Å². The molecule has 2 N–H and O–H groups in total. The highest BCUT2D eigenvalue weighted by atomic mass is 16.5. The number of pyridine rings is 1. The third-order valence-corrected chi connectivity index (χ3v) is 6.38. The van der Waals surface area contributed by atoms with Gasteiger partial charge in [0.25, 0.3) is 11.8 Å². The molecular formula is C23H27N5O3. The molecule has 1 aromatic heterocycles. The number of carbonyl (C=O) groups excluding carboxylic acids is 2.